The minimum atomic E-state index is 1.07. The van der Waals surface area contributed by atoms with Gasteiger partial charge in [0.25, 0.3) is 0 Å². The molecule has 11 heavy (non-hydrogen) atoms. The first-order valence-corrected chi connectivity index (χ1v) is 5.38. The van der Waals surface area contributed by atoms with Crippen molar-refractivity contribution < 1.29 is 0 Å². The minimum absolute atomic E-state index is 1.07. The Morgan fingerprint density at radius 2 is 1.64 bits per heavy atom. The van der Waals surface area contributed by atoms with Crippen LogP contribution in [0.25, 0.3) is 0 Å². The molecule has 0 aromatic carbocycles. The molecule has 0 heteroatoms. The normalized spacial score (nSPS) is 32.2. The van der Waals surface area contributed by atoms with Crippen molar-refractivity contribution in [2.45, 2.75) is 58.8 Å². The van der Waals surface area contributed by atoms with Gasteiger partial charge in [-0.15, -0.1) is 0 Å². The third-order valence-corrected chi connectivity index (χ3v) is 3.25. The fourth-order valence-corrected chi connectivity index (χ4v) is 2.57. The Kier molecular flexibility index (Phi) is 3.96. The molecule has 0 aliphatic heterocycles. The number of hydrogen-bond acceptors (Lipinski definition) is 0. The summed E-state index contributed by atoms with van der Waals surface area (Å²) in [5.74, 6) is 2.16. The largest absolute Gasteiger partial charge is 0.0654 e. The summed E-state index contributed by atoms with van der Waals surface area (Å²) in [6.07, 6.45) is 10.3. The SMILES string of the molecule is CCC[C@H]1CCCC[C@@H]1CC. The minimum Gasteiger partial charge on any atom is -0.0654 e. The van der Waals surface area contributed by atoms with Crippen LogP contribution in [0.2, 0.25) is 0 Å². The lowest BCUT2D eigenvalue weighted by atomic mass is 9.76. The quantitative estimate of drug-likeness (QED) is 0.576. The maximum atomic E-state index is 2.36. The van der Waals surface area contributed by atoms with Gasteiger partial charge in [0.2, 0.25) is 0 Å². The Morgan fingerprint density at radius 3 is 2.18 bits per heavy atom. The van der Waals surface area contributed by atoms with Gasteiger partial charge < -0.3 is 0 Å². The lowest BCUT2D eigenvalue weighted by molar-refractivity contribution is 0.216. The van der Waals surface area contributed by atoms with E-state index in [9.17, 15) is 0 Å². The van der Waals surface area contributed by atoms with Crippen LogP contribution in [0.5, 0.6) is 0 Å². The van der Waals surface area contributed by atoms with Gasteiger partial charge in [-0.2, -0.15) is 0 Å². The monoisotopic (exact) mass is 154 g/mol. The zero-order valence-corrected chi connectivity index (χ0v) is 8.10. The Hall–Kier alpha value is 0. The van der Waals surface area contributed by atoms with Gasteiger partial charge >= 0.3 is 0 Å². The van der Waals surface area contributed by atoms with Crippen LogP contribution in [0.4, 0.5) is 0 Å². The Morgan fingerprint density at radius 1 is 1.00 bits per heavy atom. The molecule has 0 spiro atoms. The predicted molar refractivity (Wildman–Crippen MR) is 50.6 cm³/mol. The summed E-state index contributed by atoms with van der Waals surface area (Å²) in [7, 11) is 0. The van der Waals surface area contributed by atoms with Gasteiger partial charge in [-0.1, -0.05) is 58.8 Å². The van der Waals surface area contributed by atoms with Crippen molar-refractivity contribution in [2.75, 3.05) is 0 Å². The summed E-state index contributed by atoms with van der Waals surface area (Å²) in [5, 5.41) is 0. The van der Waals surface area contributed by atoms with Gasteiger partial charge in [0, 0.05) is 0 Å². The molecular formula is C11H22. The van der Waals surface area contributed by atoms with E-state index in [1.165, 1.54) is 44.9 Å². The van der Waals surface area contributed by atoms with E-state index in [4.69, 9.17) is 0 Å². The van der Waals surface area contributed by atoms with Crippen LogP contribution in [0, 0.1) is 11.8 Å². The van der Waals surface area contributed by atoms with Crippen LogP contribution in [-0.2, 0) is 0 Å². The highest BCUT2D eigenvalue weighted by atomic mass is 14.3. The van der Waals surface area contributed by atoms with E-state index in [1.54, 1.807) is 0 Å². The Balaban J connectivity index is 2.31. The summed E-state index contributed by atoms with van der Waals surface area (Å²) in [6, 6.07) is 0. The first kappa shape index (κ1) is 9.09. The van der Waals surface area contributed by atoms with Gasteiger partial charge in [0.15, 0.2) is 0 Å². The van der Waals surface area contributed by atoms with Crippen LogP contribution in [0.1, 0.15) is 58.8 Å². The fourth-order valence-electron chi connectivity index (χ4n) is 2.57. The molecule has 1 aliphatic rings. The van der Waals surface area contributed by atoms with Crippen molar-refractivity contribution >= 4 is 0 Å². The molecule has 0 radical (unpaired) electrons. The lowest BCUT2D eigenvalue weighted by Gasteiger charge is -2.30. The first-order valence-electron chi connectivity index (χ1n) is 5.38. The van der Waals surface area contributed by atoms with E-state index in [0.29, 0.717) is 0 Å². The van der Waals surface area contributed by atoms with Gasteiger partial charge in [0.05, 0.1) is 0 Å². The standard InChI is InChI=1S/C11H22/c1-3-7-11-9-6-5-8-10(11)4-2/h10-11H,3-9H2,1-2H3/t10-,11-/m0/s1. The van der Waals surface area contributed by atoms with E-state index in [1.807, 2.05) is 0 Å². The molecule has 0 bridgehead atoms. The van der Waals surface area contributed by atoms with Crippen LogP contribution in [0.3, 0.4) is 0 Å². The first-order chi connectivity index (χ1) is 5.38. The van der Waals surface area contributed by atoms with Gasteiger partial charge in [0.1, 0.15) is 0 Å². The van der Waals surface area contributed by atoms with Gasteiger partial charge in [-0.3, -0.25) is 0 Å². The molecule has 0 N–H and O–H groups in total. The fraction of sp³-hybridized carbons (Fsp3) is 1.00. The number of rotatable bonds is 3. The second-order valence-electron chi connectivity index (χ2n) is 4.00. The van der Waals surface area contributed by atoms with Crippen molar-refractivity contribution in [3.63, 3.8) is 0 Å². The zero-order chi connectivity index (χ0) is 8.10. The molecule has 66 valence electrons. The molecule has 0 saturated heterocycles. The molecule has 0 amide bonds. The zero-order valence-electron chi connectivity index (χ0n) is 8.10. The van der Waals surface area contributed by atoms with Crippen LogP contribution >= 0.6 is 0 Å². The van der Waals surface area contributed by atoms with Gasteiger partial charge in [-0.05, 0) is 11.8 Å². The van der Waals surface area contributed by atoms with E-state index < -0.39 is 0 Å². The van der Waals surface area contributed by atoms with Crippen molar-refractivity contribution in [3.05, 3.63) is 0 Å². The second-order valence-corrected chi connectivity index (χ2v) is 4.00. The molecule has 0 aromatic rings. The van der Waals surface area contributed by atoms with E-state index in [0.717, 1.165) is 11.8 Å². The van der Waals surface area contributed by atoms with Crippen LogP contribution in [-0.4, -0.2) is 0 Å². The maximum absolute atomic E-state index is 2.36. The van der Waals surface area contributed by atoms with Crippen LogP contribution < -0.4 is 0 Å². The van der Waals surface area contributed by atoms with E-state index >= 15 is 0 Å². The third kappa shape index (κ3) is 2.50. The molecule has 1 rings (SSSR count). The van der Waals surface area contributed by atoms with Crippen molar-refractivity contribution in [1.82, 2.24) is 0 Å². The highest BCUT2D eigenvalue weighted by molar-refractivity contribution is 4.73. The Labute approximate surface area is 71.4 Å². The van der Waals surface area contributed by atoms with E-state index in [-0.39, 0.29) is 0 Å². The van der Waals surface area contributed by atoms with Crippen molar-refractivity contribution in [3.8, 4) is 0 Å². The predicted octanol–water partition coefficient (Wildman–Crippen LogP) is 4.00. The van der Waals surface area contributed by atoms with Crippen molar-refractivity contribution in [2.24, 2.45) is 11.8 Å². The summed E-state index contributed by atoms with van der Waals surface area (Å²) in [5.41, 5.74) is 0. The highest BCUT2D eigenvalue weighted by Crippen LogP contribution is 2.34. The molecule has 1 aliphatic carbocycles. The summed E-state index contributed by atoms with van der Waals surface area (Å²) in [4.78, 5) is 0. The molecule has 1 fully saturated rings. The molecular weight excluding hydrogens is 132 g/mol. The molecule has 2 atom stereocenters. The topological polar surface area (TPSA) is 0 Å². The molecule has 0 unspecified atom stereocenters. The summed E-state index contributed by atoms with van der Waals surface area (Å²) in [6.45, 7) is 4.68. The highest BCUT2D eigenvalue weighted by Gasteiger charge is 2.22. The molecule has 0 heterocycles. The average molecular weight is 154 g/mol. The maximum Gasteiger partial charge on any atom is -0.0386 e. The van der Waals surface area contributed by atoms with E-state index in [2.05, 4.69) is 13.8 Å². The molecule has 0 nitrogen and oxygen atoms in total. The lowest BCUT2D eigenvalue weighted by Crippen LogP contribution is -2.18. The average Bonchev–Trinajstić information content (AvgIpc) is 2.06. The molecule has 1 saturated carbocycles. The van der Waals surface area contributed by atoms with Crippen molar-refractivity contribution in [1.29, 1.82) is 0 Å². The van der Waals surface area contributed by atoms with Crippen LogP contribution in [0.15, 0.2) is 0 Å². The number of hydrogen-bond donors (Lipinski definition) is 0. The third-order valence-electron chi connectivity index (χ3n) is 3.25. The summed E-state index contributed by atoms with van der Waals surface area (Å²) >= 11 is 0. The second kappa shape index (κ2) is 4.79. The Bertz CT molecular complexity index is 94.2. The summed E-state index contributed by atoms with van der Waals surface area (Å²) < 4.78 is 0. The smallest absolute Gasteiger partial charge is 0.0386 e. The molecule has 0 aromatic heterocycles. The van der Waals surface area contributed by atoms with Gasteiger partial charge in [-0.25, -0.2) is 0 Å².